The highest BCUT2D eigenvalue weighted by Crippen LogP contribution is 2.27. The summed E-state index contributed by atoms with van der Waals surface area (Å²) in [4.78, 5) is 22.3. The highest BCUT2D eigenvalue weighted by molar-refractivity contribution is 5.98. The van der Waals surface area contributed by atoms with Gasteiger partial charge in [0.05, 0.1) is 5.56 Å². The number of aryl methyl sites for hydroxylation is 1. The van der Waals surface area contributed by atoms with Gasteiger partial charge in [0.2, 0.25) is 0 Å². The average molecular weight is 232 g/mol. The number of phenolic OH excluding ortho intramolecular Hbond substituents is 1. The summed E-state index contributed by atoms with van der Waals surface area (Å²) in [6.45, 7) is 2.00. The molecule has 88 valence electrons. The molecule has 0 atom stereocenters. The van der Waals surface area contributed by atoms with Gasteiger partial charge in [-0.25, -0.2) is 4.79 Å². The Hall–Kier alpha value is -2.10. The lowest BCUT2D eigenvalue weighted by atomic mass is 10.0. The molecule has 1 aromatic carbocycles. The number of rotatable bonds is 3. The Morgan fingerprint density at radius 1 is 1.41 bits per heavy atom. The van der Waals surface area contributed by atoms with E-state index in [2.05, 4.69) is 0 Å². The van der Waals surface area contributed by atoms with Gasteiger partial charge in [-0.1, -0.05) is 13.3 Å². The largest absolute Gasteiger partial charge is 0.507 e. The fourth-order valence-electron chi connectivity index (χ4n) is 1.89. The highest BCUT2D eigenvalue weighted by Gasteiger charge is 2.12. The van der Waals surface area contributed by atoms with E-state index in [9.17, 15) is 14.7 Å². The van der Waals surface area contributed by atoms with Crippen molar-refractivity contribution in [1.82, 2.24) is 0 Å². The summed E-state index contributed by atoms with van der Waals surface area (Å²) in [6.07, 6.45) is 2.11. The van der Waals surface area contributed by atoms with Gasteiger partial charge in [-0.15, -0.1) is 0 Å². The number of aromatic hydroxyl groups is 1. The van der Waals surface area contributed by atoms with E-state index in [0.717, 1.165) is 18.4 Å². The molecular weight excluding hydrogens is 220 g/mol. The van der Waals surface area contributed by atoms with Crippen LogP contribution in [0.3, 0.4) is 0 Å². The molecule has 0 saturated heterocycles. The Bertz CT molecular complexity index is 625. The van der Waals surface area contributed by atoms with E-state index in [4.69, 9.17) is 4.42 Å². The summed E-state index contributed by atoms with van der Waals surface area (Å²) in [5, 5.41) is 10.2. The first-order valence-electron chi connectivity index (χ1n) is 5.41. The molecule has 17 heavy (non-hydrogen) atoms. The van der Waals surface area contributed by atoms with Crippen molar-refractivity contribution in [2.24, 2.45) is 0 Å². The lowest BCUT2D eigenvalue weighted by Crippen LogP contribution is -2.02. The minimum absolute atomic E-state index is 0.0255. The van der Waals surface area contributed by atoms with E-state index >= 15 is 0 Å². The van der Waals surface area contributed by atoms with Crippen LogP contribution in [0, 0.1) is 0 Å². The second-order valence-corrected chi connectivity index (χ2v) is 3.83. The maximum absolute atomic E-state index is 11.4. The Kier molecular flexibility index (Phi) is 2.95. The minimum Gasteiger partial charge on any atom is -0.507 e. The molecule has 0 bridgehead atoms. The fourth-order valence-corrected chi connectivity index (χ4v) is 1.89. The van der Waals surface area contributed by atoms with E-state index in [1.54, 1.807) is 6.07 Å². The monoisotopic (exact) mass is 232 g/mol. The standard InChI is InChI=1S/C13H12O4/c1-2-3-8-6-12(16)17-13-9(8)4-5-11(15)10(13)7-14/h4-7,15H,2-3H2,1H3. The van der Waals surface area contributed by atoms with Crippen molar-refractivity contribution in [3.8, 4) is 5.75 Å². The molecule has 1 heterocycles. The van der Waals surface area contributed by atoms with Crippen LogP contribution in [0.4, 0.5) is 0 Å². The van der Waals surface area contributed by atoms with Gasteiger partial charge in [0.1, 0.15) is 5.75 Å². The summed E-state index contributed by atoms with van der Waals surface area (Å²) in [7, 11) is 0. The number of hydrogen-bond donors (Lipinski definition) is 1. The number of aldehydes is 1. The van der Waals surface area contributed by atoms with Crippen molar-refractivity contribution in [3.63, 3.8) is 0 Å². The Balaban J connectivity index is 2.87. The summed E-state index contributed by atoms with van der Waals surface area (Å²) in [6, 6.07) is 4.52. The normalized spacial score (nSPS) is 10.6. The maximum Gasteiger partial charge on any atom is 0.336 e. The molecule has 1 N–H and O–H groups in total. The summed E-state index contributed by atoms with van der Waals surface area (Å²) in [5.41, 5.74) is 0.519. The topological polar surface area (TPSA) is 67.5 Å². The van der Waals surface area contributed by atoms with Gasteiger partial charge in [-0.05, 0) is 24.1 Å². The molecule has 4 heteroatoms. The summed E-state index contributed by atoms with van der Waals surface area (Å²) in [5.74, 6) is -0.177. The molecule has 0 aliphatic heterocycles. The molecule has 0 saturated carbocycles. The fraction of sp³-hybridized carbons (Fsp3) is 0.231. The van der Waals surface area contributed by atoms with Crippen molar-refractivity contribution in [1.29, 1.82) is 0 Å². The van der Waals surface area contributed by atoms with E-state index in [-0.39, 0.29) is 16.9 Å². The quantitative estimate of drug-likeness (QED) is 0.651. The van der Waals surface area contributed by atoms with Crippen molar-refractivity contribution in [2.45, 2.75) is 19.8 Å². The van der Waals surface area contributed by atoms with Crippen molar-refractivity contribution < 1.29 is 14.3 Å². The molecule has 1 aromatic heterocycles. The molecule has 0 radical (unpaired) electrons. The minimum atomic E-state index is -0.505. The SMILES string of the molecule is CCCc1cc(=O)oc2c(C=O)c(O)ccc12. The zero-order valence-corrected chi connectivity index (χ0v) is 9.40. The predicted octanol–water partition coefficient (Wildman–Crippen LogP) is 2.26. The Labute approximate surface area is 97.5 Å². The number of fused-ring (bicyclic) bond motifs is 1. The van der Waals surface area contributed by atoms with E-state index in [1.807, 2.05) is 6.92 Å². The number of phenols is 1. The highest BCUT2D eigenvalue weighted by atomic mass is 16.4. The Morgan fingerprint density at radius 3 is 2.82 bits per heavy atom. The molecule has 0 amide bonds. The molecule has 4 nitrogen and oxygen atoms in total. The van der Waals surface area contributed by atoms with Gasteiger partial charge in [-0.3, -0.25) is 4.79 Å². The number of carbonyl (C=O) groups excluding carboxylic acids is 1. The lowest BCUT2D eigenvalue weighted by molar-refractivity contribution is 0.112. The Morgan fingerprint density at radius 2 is 2.18 bits per heavy atom. The molecular formula is C13H12O4. The van der Waals surface area contributed by atoms with Crippen LogP contribution in [-0.2, 0) is 6.42 Å². The van der Waals surface area contributed by atoms with Crippen LogP contribution in [0.15, 0.2) is 27.4 Å². The first kappa shape index (κ1) is 11.4. The van der Waals surface area contributed by atoms with Crippen LogP contribution in [0.1, 0.15) is 29.3 Å². The van der Waals surface area contributed by atoms with Crippen LogP contribution < -0.4 is 5.63 Å². The van der Waals surface area contributed by atoms with Gasteiger partial charge in [0.15, 0.2) is 11.9 Å². The zero-order chi connectivity index (χ0) is 12.4. The molecule has 0 fully saturated rings. The van der Waals surface area contributed by atoms with Crippen LogP contribution >= 0.6 is 0 Å². The second-order valence-electron chi connectivity index (χ2n) is 3.83. The molecule has 0 aliphatic rings. The van der Waals surface area contributed by atoms with Crippen molar-refractivity contribution in [2.75, 3.05) is 0 Å². The third-order valence-electron chi connectivity index (χ3n) is 2.65. The maximum atomic E-state index is 11.4. The zero-order valence-electron chi connectivity index (χ0n) is 9.40. The van der Waals surface area contributed by atoms with Gasteiger partial charge in [0.25, 0.3) is 0 Å². The molecule has 2 rings (SSSR count). The van der Waals surface area contributed by atoms with Gasteiger partial charge < -0.3 is 9.52 Å². The predicted molar refractivity (Wildman–Crippen MR) is 63.5 cm³/mol. The molecule has 0 unspecified atom stereocenters. The van der Waals surface area contributed by atoms with Crippen LogP contribution in [-0.4, -0.2) is 11.4 Å². The van der Waals surface area contributed by atoms with E-state index in [0.29, 0.717) is 11.7 Å². The number of benzene rings is 1. The van der Waals surface area contributed by atoms with E-state index in [1.165, 1.54) is 12.1 Å². The second kappa shape index (κ2) is 4.41. The molecule has 0 spiro atoms. The summed E-state index contributed by atoms with van der Waals surface area (Å²) < 4.78 is 5.00. The summed E-state index contributed by atoms with van der Waals surface area (Å²) >= 11 is 0. The van der Waals surface area contributed by atoms with Gasteiger partial charge in [-0.2, -0.15) is 0 Å². The number of carbonyl (C=O) groups is 1. The van der Waals surface area contributed by atoms with Crippen molar-refractivity contribution in [3.05, 3.63) is 39.7 Å². The number of hydrogen-bond acceptors (Lipinski definition) is 4. The van der Waals surface area contributed by atoms with Crippen LogP contribution in [0.5, 0.6) is 5.75 Å². The molecule has 0 aliphatic carbocycles. The third kappa shape index (κ3) is 1.93. The van der Waals surface area contributed by atoms with Crippen LogP contribution in [0.2, 0.25) is 0 Å². The smallest absolute Gasteiger partial charge is 0.336 e. The van der Waals surface area contributed by atoms with Crippen molar-refractivity contribution >= 4 is 17.3 Å². The van der Waals surface area contributed by atoms with Gasteiger partial charge >= 0.3 is 5.63 Å². The van der Waals surface area contributed by atoms with Gasteiger partial charge in [0, 0.05) is 11.5 Å². The van der Waals surface area contributed by atoms with Crippen LogP contribution in [0.25, 0.3) is 11.0 Å². The first-order chi connectivity index (χ1) is 8.17. The lowest BCUT2D eigenvalue weighted by Gasteiger charge is -2.06. The van der Waals surface area contributed by atoms with E-state index < -0.39 is 5.63 Å². The molecule has 2 aromatic rings. The first-order valence-corrected chi connectivity index (χ1v) is 5.41. The third-order valence-corrected chi connectivity index (χ3v) is 2.65. The average Bonchev–Trinajstić information content (AvgIpc) is 2.29.